The third-order valence-corrected chi connectivity index (χ3v) is 4.33. The van der Waals surface area contributed by atoms with E-state index in [1.165, 1.54) is 12.8 Å². The number of aromatic nitrogens is 4. The van der Waals surface area contributed by atoms with Crippen LogP contribution in [0.15, 0.2) is 0 Å². The molecule has 2 N–H and O–H groups in total. The van der Waals surface area contributed by atoms with Crippen molar-refractivity contribution in [1.82, 2.24) is 19.8 Å². The van der Waals surface area contributed by atoms with Crippen LogP contribution in [0.1, 0.15) is 42.4 Å². The minimum atomic E-state index is 0.262. The Kier molecular flexibility index (Phi) is 2.40. The lowest BCUT2D eigenvalue weighted by Crippen LogP contribution is -2.31. The molecule has 0 aliphatic heterocycles. The molecule has 2 aromatic rings. The number of hydrogen-bond donors (Lipinski definition) is 1. The van der Waals surface area contributed by atoms with Crippen molar-refractivity contribution in [1.29, 1.82) is 0 Å². The van der Waals surface area contributed by atoms with E-state index in [1.807, 2.05) is 11.4 Å². The van der Waals surface area contributed by atoms with E-state index in [0.29, 0.717) is 5.92 Å². The Bertz CT molecular complexity index is 502. The van der Waals surface area contributed by atoms with Gasteiger partial charge >= 0.3 is 0 Å². The third-order valence-electron chi connectivity index (χ3n) is 3.30. The van der Waals surface area contributed by atoms with E-state index >= 15 is 0 Å². The minimum absolute atomic E-state index is 0.262. The molecular weight excluding hydrogens is 222 g/mol. The molecule has 1 fully saturated rings. The minimum Gasteiger partial charge on any atom is -0.327 e. The summed E-state index contributed by atoms with van der Waals surface area (Å²) in [6, 6.07) is 0.262. The van der Waals surface area contributed by atoms with Gasteiger partial charge in [0.15, 0.2) is 5.82 Å². The van der Waals surface area contributed by atoms with Gasteiger partial charge in [0.2, 0.25) is 4.96 Å². The highest BCUT2D eigenvalue weighted by atomic mass is 32.1. The van der Waals surface area contributed by atoms with Crippen LogP contribution in [-0.2, 0) is 0 Å². The van der Waals surface area contributed by atoms with E-state index in [-0.39, 0.29) is 6.04 Å². The molecule has 6 heteroatoms. The fraction of sp³-hybridized carbons (Fsp3) is 0.700. The molecule has 16 heavy (non-hydrogen) atoms. The molecule has 0 saturated heterocycles. The van der Waals surface area contributed by atoms with Gasteiger partial charge < -0.3 is 5.73 Å². The molecule has 2 heterocycles. The van der Waals surface area contributed by atoms with E-state index in [9.17, 15) is 0 Å². The fourth-order valence-electron chi connectivity index (χ4n) is 2.35. The summed E-state index contributed by atoms with van der Waals surface area (Å²) in [4.78, 5) is 0.880. The van der Waals surface area contributed by atoms with Crippen molar-refractivity contribution in [3.63, 3.8) is 0 Å². The standard InChI is InChI=1S/C10H15N5S/c1-6-12-13-10-15(6)14-9(16-10)7-4-2-3-5-8(7)11/h7-8H,2-5,11H2,1H3. The predicted octanol–water partition coefficient (Wildman–Crippen LogP) is 1.48. The molecule has 1 saturated carbocycles. The van der Waals surface area contributed by atoms with E-state index in [0.717, 1.165) is 28.6 Å². The summed E-state index contributed by atoms with van der Waals surface area (Å²) in [5.74, 6) is 1.27. The molecule has 2 unspecified atom stereocenters. The summed E-state index contributed by atoms with van der Waals surface area (Å²) in [7, 11) is 0. The van der Waals surface area contributed by atoms with Gasteiger partial charge in [0.05, 0.1) is 0 Å². The number of rotatable bonds is 1. The van der Waals surface area contributed by atoms with Crippen LogP contribution in [0, 0.1) is 6.92 Å². The normalized spacial score (nSPS) is 26.4. The van der Waals surface area contributed by atoms with Crippen LogP contribution in [0.3, 0.4) is 0 Å². The number of fused-ring (bicyclic) bond motifs is 1. The molecule has 0 amide bonds. The Morgan fingerprint density at radius 1 is 1.31 bits per heavy atom. The summed E-state index contributed by atoms with van der Waals surface area (Å²) in [6.45, 7) is 1.92. The van der Waals surface area contributed by atoms with Gasteiger partial charge in [-0.3, -0.25) is 0 Å². The molecule has 5 nitrogen and oxygen atoms in total. The van der Waals surface area contributed by atoms with E-state index in [2.05, 4.69) is 15.3 Å². The maximum absolute atomic E-state index is 6.16. The first-order chi connectivity index (χ1) is 7.75. The van der Waals surface area contributed by atoms with Gasteiger partial charge in [0.1, 0.15) is 5.01 Å². The highest BCUT2D eigenvalue weighted by Gasteiger charge is 2.27. The second-order valence-electron chi connectivity index (χ2n) is 4.44. The summed E-state index contributed by atoms with van der Waals surface area (Å²) in [6.07, 6.45) is 4.78. The predicted molar refractivity (Wildman–Crippen MR) is 62.6 cm³/mol. The second-order valence-corrected chi connectivity index (χ2v) is 5.42. The average Bonchev–Trinajstić information content (AvgIpc) is 2.82. The molecule has 86 valence electrons. The zero-order valence-electron chi connectivity index (χ0n) is 9.26. The Morgan fingerprint density at radius 2 is 2.12 bits per heavy atom. The molecule has 0 radical (unpaired) electrons. The highest BCUT2D eigenvalue weighted by molar-refractivity contribution is 7.16. The van der Waals surface area contributed by atoms with Crippen molar-refractivity contribution in [2.24, 2.45) is 5.73 Å². The number of nitrogens with two attached hydrogens (primary N) is 1. The SMILES string of the molecule is Cc1nnc2sc(C3CCCCC3N)nn12. The zero-order valence-corrected chi connectivity index (χ0v) is 10.1. The number of hydrogen-bond acceptors (Lipinski definition) is 5. The largest absolute Gasteiger partial charge is 0.327 e. The first-order valence-corrected chi connectivity index (χ1v) is 6.51. The summed E-state index contributed by atoms with van der Waals surface area (Å²) in [5, 5.41) is 13.8. The van der Waals surface area contributed by atoms with Gasteiger partial charge in [-0.25, -0.2) is 0 Å². The van der Waals surface area contributed by atoms with Crippen LogP contribution in [-0.4, -0.2) is 25.9 Å². The van der Waals surface area contributed by atoms with Gasteiger partial charge in [-0.15, -0.1) is 10.2 Å². The first-order valence-electron chi connectivity index (χ1n) is 5.70. The summed E-state index contributed by atoms with van der Waals surface area (Å²) in [5.41, 5.74) is 6.16. The van der Waals surface area contributed by atoms with Gasteiger partial charge in [-0.2, -0.15) is 9.61 Å². The van der Waals surface area contributed by atoms with Crippen LogP contribution < -0.4 is 5.73 Å². The Hall–Kier alpha value is -1.01. The van der Waals surface area contributed by atoms with E-state index in [4.69, 9.17) is 5.73 Å². The topological polar surface area (TPSA) is 69.1 Å². The quantitative estimate of drug-likeness (QED) is 0.815. The summed E-state index contributed by atoms with van der Waals surface area (Å²) >= 11 is 1.63. The van der Waals surface area contributed by atoms with Crippen molar-refractivity contribution < 1.29 is 0 Å². The lowest BCUT2D eigenvalue weighted by Gasteiger charge is -2.26. The molecule has 3 rings (SSSR count). The highest BCUT2D eigenvalue weighted by Crippen LogP contribution is 2.34. The smallest absolute Gasteiger partial charge is 0.234 e. The molecular formula is C10H15N5S. The van der Waals surface area contributed by atoms with Gasteiger partial charge in [0.25, 0.3) is 0 Å². The fourth-order valence-corrected chi connectivity index (χ4v) is 3.44. The number of aryl methyl sites for hydroxylation is 1. The van der Waals surface area contributed by atoms with Crippen molar-refractivity contribution >= 4 is 16.3 Å². The summed E-state index contributed by atoms with van der Waals surface area (Å²) < 4.78 is 1.82. The van der Waals surface area contributed by atoms with E-state index in [1.54, 1.807) is 11.3 Å². The van der Waals surface area contributed by atoms with Crippen molar-refractivity contribution in [3.05, 3.63) is 10.8 Å². The van der Waals surface area contributed by atoms with Crippen LogP contribution in [0.4, 0.5) is 0 Å². The first kappa shape index (κ1) is 10.2. The molecule has 0 spiro atoms. The number of nitrogens with zero attached hydrogens (tertiary/aromatic N) is 4. The lowest BCUT2D eigenvalue weighted by atomic mass is 9.86. The van der Waals surface area contributed by atoms with Gasteiger partial charge in [0, 0.05) is 12.0 Å². The zero-order chi connectivity index (χ0) is 11.1. The third kappa shape index (κ3) is 1.53. The van der Waals surface area contributed by atoms with Crippen LogP contribution in [0.2, 0.25) is 0 Å². The van der Waals surface area contributed by atoms with Crippen LogP contribution in [0.25, 0.3) is 4.96 Å². The molecule has 2 aromatic heterocycles. The monoisotopic (exact) mass is 237 g/mol. The molecule has 1 aliphatic carbocycles. The van der Waals surface area contributed by atoms with E-state index < -0.39 is 0 Å². The van der Waals surface area contributed by atoms with Gasteiger partial charge in [-0.1, -0.05) is 24.2 Å². The molecule has 1 aliphatic rings. The van der Waals surface area contributed by atoms with Crippen molar-refractivity contribution in [2.45, 2.75) is 44.6 Å². The maximum atomic E-state index is 6.16. The Morgan fingerprint density at radius 3 is 2.88 bits per heavy atom. The molecule has 0 bridgehead atoms. The maximum Gasteiger partial charge on any atom is 0.234 e. The van der Waals surface area contributed by atoms with Crippen molar-refractivity contribution in [2.75, 3.05) is 0 Å². The molecule has 0 aromatic carbocycles. The Labute approximate surface area is 97.7 Å². The van der Waals surface area contributed by atoms with Crippen molar-refractivity contribution in [3.8, 4) is 0 Å². The van der Waals surface area contributed by atoms with Crippen LogP contribution >= 0.6 is 11.3 Å². The lowest BCUT2D eigenvalue weighted by molar-refractivity contribution is 0.382. The van der Waals surface area contributed by atoms with Crippen LogP contribution in [0.5, 0.6) is 0 Å². The average molecular weight is 237 g/mol. The second kappa shape index (κ2) is 3.78. The Balaban J connectivity index is 1.98. The molecule has 2 atom stereocenters. The van der Waals surface area contributed by atoms with Gasteiger partial charge in [-0.05, 0) is 19.8 Å².